The molecular formula is C92H176N22. The highest BCUT2D eigenvalue weighted by Gasteiger charge is 2.56. The van der Waals surface area contributed by atoms with Crippen LogP contribution in [0.2, 0.25) is 0 Å². The second kappa shape index (κ2) is 41.6. The van der Waals surface area contributed by atoms with E-state index in [-0.39, 0.29) is 68.5 Å². The number of piperidine rings is 4. The number of nitrogens with zero attached hydrogens (tertiary/aromatic N) is 18. The summed E-state index contributed by atoms with van der Waals surface area (Å²) in [4.78, 5) is 67.6. The number of unbranched alkanes of at least 4 members (excludes halogenated alkanes) is 9. The average molecular weight is 1590 g/mol. The van der Waals surface area contributed by atoms with Crippen molar-refractivity contribution in [1.82, 2.24) is 76.1 Å². The number of hydrazine groups is 2. The van der Waals surface area contributed by atoms with E-state index < -0.39 is 11.1 Å². The van der Waals surface area contributed by atoms with Crippen molar-refractivity contribution in [3.8, 4) is 0 Å². The van der Waals surface area contributed by atoms with E-state index in [1.807, 2.05) is 0 Å². The molecule has 114 heavy (non-hydrogen) atoms. The van der Waals surface area contributed by atoms with Gasteiger partial charge in [-0.3, -0.25) is 10.0 Å². The van der Waals surface area contributed by atoms with Gasteiger partial charge in [-0.15, -0.1) is 0 Å². The topological polar surface area (TPSA) is 193 Å². The molecule has 0 saturated carbocycles. The summed E-state index contributed by atoms with van der Waals surface area (Å²) >= 11 is 0. The first kappa shape index (κ1) is 96.5. The molecule has 0 bridgehead atoms. The van der Waals surface area contributed by atoms with Gasteiger partial charge in [0.25, 0.3) is 0 Å². The molecule has 4 aliphatic heterocycles. The molecule has 7 rings (SSSR count). The van der Waals surface area contributed by atoms with E-state index in [4.69, 9.17) is 44.9 Å². The predicted octanol–water partition coefficient (Wildman–Crippen LogP) is 19.8. The highest BCUT2D eigenvalue weighted by atomic mass is 15.7. The Bertz CT molecular complexity index is 3170. The van der Waals surface area contributed by atoms with E-state index in [2.05, 4.69) is 274 Å². The van der Waals surface area contributed by atoms with Gasteiger partial charge in [-0.2, -0.15) is 44.9 Å². The zero-order chi connectivity index (χ0) is 84.5. The van der Waals surface area contributed by atoms with E-state index in [1.165, 1.54) is 0 Å². The number of hydrogen-bond acceptors (Lipinski definition) is 22. The lowest BCUT2D eigenvalue weighted by molar-refractivity contribution is -0.0496. The number of aromatic nitrogens is 9. The molecular weight excluding hydrogens is 1410 g/mol. The van der Waals surface area contributed by atoms with Crippen molar-refractivity contribution in [2.75, 3.05) is 100 Å². The third-order valence-corrected chi connectivity index (χ3v) is 25.6. The molecule has 4 fully saturated rings. The Hall–Kier alpha value is -4.61. The Kier molecular flexibility index (Phi) is 35.2. The van der Waals surface area contributed by atoms with Crippen molar-refractivity contribution in [3.63, 3.8) is 0 Å². The highest BCUT2D eigenvalue weighted by Crippen LogP contribution is 2.49. The standard InChI is InChI=1S/C92H176N22/c1-31-44-53-107(54-45-32-2)76-93-74(94-77(97-76)108(55-46-33-3)56-47-34-4)91(40-10,41-11)106(30)112(71-64-85(18,19)103-86(20,21)65-71)81-96-75(95-80(101-81)111(61-52-39-9)70-62-83(14,15)102-84(16,17)63-70)92(42-12,43-13)114(73-68-89(26,27)105-90(28,29)69-73)113(72-66-87(22,23)104-88(24,25)67-72)82-99-78(109(57-48-35-5)58-49-36-6)98-79(100-82)110(59-50-37-7)60-51-38-8/h70-73,102-105H,31-69H2,1-30H3. The molecule has 0 atom stereocenters. The summed E-state index contributed by atoms with van der Waals surface area (Å²) in [6, 6.07) is -0.126. The van der Waals surface area contributed by atoms with Crippen LogP contribution in [0.4, 0.5) is 41.6 Å². The Balaban J connectivity index is 1.77. The monoisotopic (exact) mass is 1590 g/mol. The van der Waals surface area contributed by atoms with Gasteiger partial charge in [0.1, 0.15) is 5.54 Å². The predicted molar refractivity (Wildman–Crippen MR) is 486 cm³/mol. The Morgan fingerprint density at radius 1 is 0.263 bits per heavy atom. The fraction of sp³-hybridized carbons (Fsp3) is 0.902. The van der Waals surface area contributed by atoms with Crippen molar-refractivity contribution in [2.45, 2.75) is 473 Å². The van der Waals surface area contributed by atoms with Gasteiger partial charge in [-0.1, -0.05) is 148 Å². The van der Waals surface area contributed by atoms with Crippen molar-refractivity contribution >= 4 is 41.6 Å². The van der Waals surface area contributed by atoms with Crippen LogP contribution in [0.25, 0.3) is 0 Å². The average Bonchev–Trinajstić information content (AvgIpc) is 0.721. The number of rotatable bonds is 48. The molecule has 22 nitrogen and oxygen atoms in total. The van der Waals surface area contributed by atoms with Crippen LogP contribution >= 0.6 is 0 Å². The fourth-order valence-electron chi connectivity index (χ4n) is 21.1. The molecule has 4 N–H and O–H groups in total. The van der Waals surface area contributed by atoms with Gasteiger partial charge in [-0.05, 0) is 246 Å². The quantitative estimate of drug-likeness (QED) is 0.0390. The van der Waals surface area contributed by atoms with Gasteiger partial charge in [0.15, 0.2) is 11.6 Å². The summed E-state index contributed by atoms with van der Waals surface area (Å²) in [7, 11) is 2.36. The largest absolute Gasteiger partial charge is 0.341 e. The van der Waals surface area contributed by atoms with Crippen molar-refractivity contribution in [2.24, 2.45) is 0 Å². The third kappa shape index (κ3) is 25.3. The molecule has 0 aromatic carbocycles. The third-order valence-electron chi connectivity index (χ3n) is 25.6. The van der Waals surface area contributed by atoms with E-state index in [0.29, 0.717) is 18.8 Å². The molecule has 654 valence electrons. The molecule has 0 radical (unpaired) electrons. The Labute approximate surface area is 699 Å². The molecule has 0 spiro atoms. The van der Waals surface area contributed by atoms with Crippen LogP contribution in [0.3, 0.4) is 0 Å². The van der Waals surface area contributed by atoms with Gasteiger partial charge in [-0.25, -0.2) is 10.0 Å². The van der Waals surface area contributed by atoms with E-state index in [1.54, 1.807) is 0 Å². The molecule has 22 heteroatoms. The van der Waals surface area contributed by atoms with Crippen LogP contribution in [0, 0.1) is 0 Å². The maximum Gasteiger partial charge on any atom is 0.247 e. The zero-order valence-corrected chi connectivity index (χ0v) is 79.4. The molecule has 0 aliphatic carbocycles. The normalized spacial score (nSPS) is 19.7. The van der Waals surface area contributed by atoms with Crippen LogP contribution in [-0.4, -0.2) is 189 Å². The summed E-state index contributed by atoms with van der Waals surface area (Å²) < 4.78 is 0. The van der Waals surface area contributed by atoms with Gasteiger partial charge in [0, 0.05) is 122 Å². The molecule has 4 saturated heterocycles. The molecule has 7 heterocycles. The Morgan fingerprint density at radius 3 is 0.781 bits per heavy atom. The Morgan fingerprint density at radius 2 is 0.482 bits per heavy atom. The van der Waals surface area contributed by atoms with Crippen molar-refractivity contribution < 1.29 is 0 Å². The van der Waals surface area contributed by atoms with Crippen LogP contribution in [0.1, 0.15) is 405 Å². The van der Waals surface area contributed by atoms with E-state index in [9.17, 15) is 0 Å². The number of anilines is 7. The SMILES string of the molecule is CCCCN(CCCC)c1nc(N(CCCC)CCCC)nc(N(C2CC(C)(C)NC(C)(C)C2)N(C2CC(C)(C)NC(C)(C)C2)C(CC)(CC)c2nc(N(CCCC)C3CC(C)(C)NC(C)(C)C3)nc(N(C3CC(C)(C)NC(C)(C)C3)N(C)C(CC)(CC)c3nc(N(CCCC)CCCC)nc(N(CCCC)CCCC)n3)n2)n1. The summed E-state index contributed by atoms with van der Waals surface area (Å²) in [5.74, 6) is 6.91. The number of nitrogens with one attached hydrogen (secondary N) is 4. The first-order chi connectivity index (χ1) is 53.6. The van der Waals surface area contributed by atoms with Gasteiger partial charge in [0.2, 0.25) is 41.6 Å². The van der Waals surface area contributed by atoms with Crippen LogP contribution in [0.15, 0.2) is 0 Å². The number of hydrogen-bond donors (Lipinski definition) is 4. The van der Waals surface area contributed by atoms with E-state index >= 15 is 0 Å². The van der Waals surface area contributed by atoms with Crippen molar-refractivity contribution in [1.29, 1.82) is 0 Å². The lowest BCUT2D eigenvalue weighted by atomic mass is 9.76. The lowest BCUT2D eigenvalue weighted by Crippen LogP contribution is -2.72. The smallest absolute Gasteiger partial charge is 0.247 e. The van der Waals surface area contributed by atoms with Crippen LogP contribution < -0.4 is 55.8 Å². The minimum Gasteiger partial charge on any atom is -0.341 e. The summed E-state index contributed by atoms with van der Waals surface area (Å²) in [6.45, 7) is 77.0. The van der Waals surface area contributed by atoms with Gasteiger partial charge < -0.3 is 45.8 Å². The van der Waals surface area contributed by atoms with Crippen molar-refractivity contribution in [3.05, 3.63) is 11.6 Å². The molecule has 4 aliphatic rings. The zero-order valence-electron chi connectivity index (χ0n) is 79.4. The summed E-state index contributed by atoms with van der Waals surface area (Å²) in [5, 5.41) is 27.5. The minimum atomic E-state index is -0.910. The second-order valence-electron chi connectivity index (χ2n) is 40.9. The second-order valence-corrected chi connectivity index (χ2v) is 40.9. The van der Waals surface area contributed by atoms with Gasteiger partial charge >= 0.3 is 0 Å². The molecule has 0 amide bonds. The van der Waals surface area contributed by atoms with E-state index in [0.717, 1.165) is 286 Å². The summed E-state index contributed by atoms with van der Waals surface area (Å²) in [5.41, 5.74) is -3.67. The van der Waals surface area contributed by atoms with Gasteiger partial charge in [0.05, 0.1) is 17.6 Å². The first-order valence-electron chi connectivity index (χ1n) is 47.0. The maximum atomic E-state index is 6.57. The minimum absolute atomic E-state index is 0.0623. The first-order valence-corrected chi connectivity index (χ1v) is 47.0. The van der Waals surface area contributed by atoms with Crippen LogP contribution in [0.5, 0.6) is 0 Å². The fourth-order valence-corrected chi connectivity index (χ4v) is 21.1. The van der Waals surface area contributed by atoms with Crippen LogP contribution in [-0.2, 0) is 11.1 Å². The highest BCUT2D eigenvalue weighted by molar-refractivity contribution is 5.50. The molecule has 3 aromatic rings. The maximum absolute atomic E-state index is 6.57. The molecule has 0 unspecified atom stereocenters. The summed E-state index contributed by atoms with van der Waals surface area (Å²) in [6.07, 6.45) is 28.8. The lowest BCUT2D eigenvalue weighted by Gasteiger charge is -2.60. The molecule has 3 aromatic heterocycles.